The molecule has 5 nitrogen and oxygen atoms in total. The molecule has 1 aliphatic rings. The van der Waals surface area contributed by atoms with Gasteiger partial charge >= 0.3 is 0 Å². The summed E-state index contributed by atoms with van der Waals surface area (Å²) in [5, 5.41) is 16.4. The van der Waals surface area contributed by atoms with Crippen LogP contribution in [-0.2, 0) is 11.2 Å². The maximum Gasteiger partial charge on any atom is 0.230 e. The van der Waals surface area contributed by atoms with E-state index in [2.05, 4.69) is 16.7 Å². The van der Waals surface area contributed by atoms with Crippen molar-refractivity contribution in [1.82, 2.24) is 5.32 Å². The first kappa shape index (κ1) is 19.5. The van der Waals surface area contributed by atoms with Crippen LogP contribution in [0.5, 0.6) is 0 Å². The molecule has 25 heavy (non-hydrogen) atoms. The van der Waals surface area contributed by atoms with Gasteiger partial charge in [0.05, 0.1) is 22.5 Å². The Labute approximate surface area is 159 Å². The number of aryl methyl sites for hydroxylation is 1. The Morgan fingerprint density at radius 2 is 2.16 bits per heavy atom. The van der Waals surface area contributed by atoms with Crippen LogP contribution in [0.3, 0.4) is 0 Å². The highest BCUT2D eigenvalue weighted by molar-refractivity contribution is 7.80. The number of carbonyl (C=O) groups is 1. The van der Waals surface area contributed by atoms with Gasteiger partial charge < -0.3 is 10.6 Å². The van der Waals surface area contributed by atoms with Crippen molar-refractivity contribution in [1.29, 1.82) is 5.26 Å². The molecular formula is C18H23ClN4OS. The molecule has 2 rings (SSSR count). The summed E-state index contributed by atoms with van der Waals surface area (Å²) in [6.45, 7) is 7.93. The van der Waals surface area contributed by atoms with Gasteiger partial charge in [0.2, 0.25) is 5.91 Å². The van der Waals surface area contributed by atoms with E-state index in [1.165, 1.54) is 4.90 Å². The lowest BCUT2D eigenvalue weighted by Crippen LogP contribution is -2.43. The third-order valence-electron chi connectivity index (χ3n) is 3.96. The van der Waals surface area contributed by atoms with Crippen LogP contribution in [0.2, 0.25) is 5.02 Å². The first-order valence-electron chi connectivity index (χ1n) is 8.22. The van der Waals surface area contributed by atoms with Crippen LogP contribution < -0.4 is 15.5 Å². The number of anilines is 2. The minimum atomic E-state index is -0.180. The topological polar surface area (TPSA) is 68.2 Å². The zero-order valence-electron chi connectivity index (χ0n) is 14.9. The van der Waals surface area contributed by atoms with Crippen molar-refractivity contribution in [3.63, 3.8) is 0 Å². The summed E-state index contributed by atoms with van der Waals surface area (Å²) in [5.74, 6) is -0.163. The maximum atomic E-state index is 12.6. The second-order valence-electron chi connectivity index (χ2n) is 7.31. The van der Waals surface area contributed by atoms with E-state index < -0.39 is 0 Å². The molecule has 1 atom stereocenters. The first-order chi connectivity index (χ1) is 11.6. The van der Waals surface area contributed by atoms with Crippen molar-refractivity contribution >= 4 is 46.2 Å². The summed E-state index contributed by atoms with van der Waals surface area (Å²) in [6, 6.07) is 5.74. The number of fused-ring (bicyclic) bond motifs is 1. The van der Waals surface area contributed by atoms with Crippen molar-refractivity contribution in [2.45, 2.75) is 46.1 Å². The lowest BCUT2D eigenvalue weighted by Gasteiger charge is -2.25. The predicted octanol–water partition coefficient (Wildman–Crippen LogP) is 3.86. The van der Waals surface area contributed by atoms with E-state index in [1.54, 1.807) is 0 Å². The normalized spacial score (nSPS) is 17.4. The van der Waals surface area contributed by atoms with E-state index in [4.69, 9.17) is 29.1 Å². The molecule has 134 valence electrons. The Kier molecular flexibility index (Phi) is 5.91. The standard InChI is InChI=1S/C18H23ClN4OS/c1-11-5-6-12-9-13(19)14(21-17(25)22-18(2,3)4)10-15(12)23(8-7-20)16(11)24/h9-11H,5-6,8H2,1-4H3,(H2,21,22,25). The molecule has 0 fully saturated rings. The highest BCUT2D eigenvalue weighted by Gasteiger charge is 2.28. The molecule has 1 aliphatic heterocycles. The van der Waals surface area contributed by atoms with Gasteiger partial charge in [-0.3, -0.25) is 9.69 Å². The summed E-state index contributed by atoms with van der Waals surface area (Å²) in [4.78, 5) is 14.1. The number of carbonyl (C=O) groups excluding carboxylic acids is 1. The smallest absolute Gasteiger partial charge is 0.230 e. The van der Waals surface area contributed by atoms with Crippen molar-refractivity contribution in [2.75, 3.05) is 16.8 Å². The molecule has 2 N–H and O–H groups in total. The molecule has 0 aliphatic carbocycles. The van der Waals surface area contributed by atoms with Crippen LogP contribution in [0.1, 0.15) is 39.7 Å². The monoisotopic (exact) mass is 378 g/mol. The molecule has 0 bridgehead atoms. The third kappa shape index (κ3) is 4.83. The van der Waals surface area contributed by atoms with E-state index in [0.29, 0.717) is 15.8 Å². The van der Waals surface area contributed by atoms with Gasteiger partial charge in [-0.15, -0.1) is 0 Å². The van der Waals surface area contributed by atoms with Gasteiger partial charge in [-0.05, 0) is 63.5 Å². The van der Waals surface area contributed by atoms with Crippen molar-refractivity contribution < 1.29 is 4.79 Å². The largest absolute Gasteiger partial charge is 0.358 e. The van der Waals surface area contributed by atoms with Crippen LogP contribution in [0.25, 0.3) is 0 Å². The molecule has 1 amide bonds. The number of hydrogen-bond donors (Lipinski definition) is 2. The van der Waals surface area contributed by atoms with Gasteiger partial charge in [0, 0.05) is 11.5 Å². The molecule has 7 heteroatoms. The number of thiocarbonyl (C=S) groups is 1. The minimum absolute atomic E-state index is 0.0158. The Morgan fingerprint density at radius 3 is 2.76 bits per heavy atom. The first-order valence-corrected chi connectivity index (χ1v) is 9.01. The van der Waals surface area contributed by atoms with E-state index in [1.807, 2.05) is 39.8 Å². The van der Waals surface area contributed by atoms with Crippen LogP contribution in [-0.4, -0.2) is 23.1 Å². The lowest BCUT2D eigenvalue weighted by atomic mass is 10.0. The number of nitrogens with zero attached hydrogens (tertiary/aromatic N) is 2. The quantitative estimate of drug-likeness (QED) is 0.604. The maximum absolute atomic E-state index is 12.6. The van der Waals surface area contributed by atoms with Crippen molar-refractivity contribution in [3.05, 3.63) is 22.7 Å². The average Bonchev–Trinajstić information content (AvgIpc) is 2.59. The number of hydrogen-bond acceptors (Lipinski definition) is 3. The molecule has 0 saturated heterocycles. The molecule has 1 aromatic rings. The highest BCUT2D eigenvalue weighted by Crippen LogP contribution is 2.36. The molecular weight excluding hydrogens is 356 g/mol. The van der Waals surface area contributed by atoms with Gasteiger partial charge in [0.25, 0.3) is 0 Å². The molecule has 1 heterocycles. The Hall–Kier alpha value is -1.84. The molecule has 1 aromatic carbocycles. The van der Waals surface area contributed by atoms with Gasteiger partial charge in [-0.25, -0.2) is 0 Å². The van der Waals surface area contributed by atoms with Gasteiger partial charge in [0.1, 0.15) is 6.54 Å². The molecule has 0 aromatic heterocycles. The summed E-state index contributed by atoms with van der Waals surface area (Å²) in [5.41, 5.74) is 2.13. The SMILES string of the molecule is CC1CCc2cc(Cl)c(NC(=S)NC(C)(C)C)cc2N(CC#N)C1=O. The van der Waals surface area contributed by atoms with E-state index in [0.717, 1.165) is 24.1 Å². The Morgan fingerprint density at radius 1 is 1.48 bits per heavy atom. The summed E-state index contributed by atoms with van der Waals surface area (Å²) in [6.07, 6.45) is 1.48. The molecule has 0 spiro atoms. The minimum Gasteiger partial charge on any atom is -0.358 e. The number of amides is 1. The Balaban J connectivity index is 2.39. The van der Waals surface area contributed by atoms with E-state index in [-0.39, 0.29) is 23.9 Å². The van der Waals surface area contributed by atoms with Gasteiger partial charge in [-0.1, -0.05) is 18.5 Å². The third-order valence-corrected chi connectivity index (χ3v) is 4.48. The number of rotatable bonds is 2. The van der Waals surface area contributed by atoms with Gasteiger partial charge in [0.15, 0.2) is 5.11 Å². The molecule has 0 radical (unpaired) electrons. The van der Waals surface area contributed by atoms with Crippen molar-refractivity contribution in [3.8, 4) is 6.07 Å². The van der Waals surface area contributed by atoms with Crippen LogP contribution in [0.15, 0.2) is 12.1 Å². The van der Waals surface area contributed by atoms with Crippen molar-refractivity contribution in [2.24, 2.45) is 5.92 Å². The number of nitriles is 1. The second-order valence-corrected chi connectivity index (χ2v) is 8.13. The summed E-state index contributed by atoms with van der Waals surface area (Å²) >= 11 is 11.7. The number of halogens is 1. The average molecular weight is 379 g/mol. The Bertz CT molecular complexity index is 736. The zero-order valence-corrected chi connectivity index (χ0v) is 16.5. The number of benzene rings is 1. The van der Waals surface area contributed by atoms with Crippen LogP contribution in [0, 0.1) is 17.2 Å². The highest BCUT2D eigenvalue weighted by atomic mass is 35.5. The molecule has 0 saturated carbocycles. The number of nitrogens with one attached hydrogen (secondary N) is 2. The summed E-state index contributed by atoms with van der Waals surface area (Å²) in [7, 11) is 0. The second kappa shape index (κ2) is 7.59. The van der Waals surface area contributed by atoms with Crippen LogP contribution >= 0.6 is 23.8 Å². The predicted molar refractivity (Wildman–Crippen MR) is 106 cm³/mol. The fourth-order valence-electron chi connectivity index (χ4n) is 2.76. The van der Waals surface area contributed by atoms with E-state index in [9.17, 15) is 4.79 Å². The van der Waals surface area contributed by atoms with Crippen LogP contribution in [0.4, 0.5) is 11.4 Å². The van der Waals surface area contributed by atoms with E-state index >= 15 is 0 Å². The summed E-state index contributed by atoms with van der Waals surface area (Å²) < 4.78 is 0. The molecule has 1 unspecified atom stereocenters. The fourth-order valence-corrected chi connectivity index (χ4v) is 3.41. The fraction of sp³-hybridized carbons (Fsp3) is 0.500. The zero-order chi connectivity index (χ0) is 18.8. The lowest BCUT2D eigenvalue weighted by molar-refractivity contribution is -0.121. The van der Waals surface area contributed by atoms with Gasteiger partial charge in [-0.2, -0.15) is 5.26 Å².